The maximum absolute atomic E-state index is 14.2. The van der Waals surface area contributed by atoms with E-state index in [9.17, 15) is 9.59 Å². The molecule has 40 heavy (non-hydrogen) atoms. The van der Waals surface area contributed by atoms with Crippen LogP contribution in [-0.4, -0.2) is 53.2 Å². The van der Waals surface area contributed by atoms with Gasteiger partial charge in [0.15, 0.2) is 0 Å². The molecular formula is C31H35N5O4. The Bertz CT molecular complexity index is 1460. The van der Waals surface area contributed by atoms with Crippen LogP contribution in [0.5, 0.6) is 5.75 Å². The zero-order valence-electron chi connectivity index (χ0n) is 23.1. The Hall–Kier alpha value is -4.24. The second-order valence-electron chi connectivity index (χ2n) is 10.3. The molecule has 0 aliphatic carbocycles. The maximum atomic E-state index is 14.2. The number of carbonyl (C=O) groups is 2. The Labute approximate surface area is 234 Å². The zero-order valence-corrected chi connectivity index (χ0v) is 23.1. The molecule has 1 N–H and O–H groups in total. The van der Waals surface area contributed by atoms with Crippen LogP contribution >= 0.6 is 0 Å². The van der Waals surface area contributed by atoms with E-state index >= 15 is 0 Å². The SMILES string of the molecule is COc1cccc(N(C(=O)Cn2nnc3ccccc32)[C@@H](C(=O)NC[C@H]2CCCO2)c2ccc(C(C)C)cc2)c1. The number of anilines is 1. The van der Waals surface area contributed by atoms with Gasteiger partial charge in [-0.1, -0.05) is 61.5 Å². The van der Waals surface area contributed by atoms with Gasteiger partial charge in [-0.25, -0.2) is 4.68 Å². The lowest BCUT2D eigenvalue weighted by Gasteiger charge is -2.32. The summed E-state index contributed by atoms with van der Waals surface area (Å²) < 4.78 is 12.8. The quantitative estimate of drug-likeness (QED) is 0.314. The molecule has 2 atom stereocenters. The molecule has 0 saturated carbocycles. The van der Waals surface area contributed by atoms with E-state index in [1.165, 1.54) is 4.90 Å². The van der Waals surface area contributed by atoms with Crippen LogP contribution in [0.3, 0.4) is 0 Å². The number of hydrogen-bond acceptors (Lipinski definition) is 6. The average molecular weight is 542 g/mol. The third-order valence-corrected chi connectivity index (χ3v) is 7.26. The molecule has 0 radical (unpaired) electrons. The van der Waals surface area contributed by atoms with Gasteiger partial charge < -0.3 is 14.8 Å². The molecule has 2 amide bonds. The number of carbonyl (C=O) groups excluding carboxylic acids is 2. The summed E-state index contributed by atoms with van der Waals surface area (Å²) in [5, 5.41) is 11.5. The monoisotopic (exact) mass is 541 g/mol. The van der Waals surface area contributed by atoms with Gasteiger partial charge in [0.05, 0.1) is 18.7 Å². The van der Waals surface area contributed by atoms with Crippen LogP contribution in [0, 0.1) is 0 Å². The van der Waals surface area contributed by atoms with Crippen molar-refractivity contribution in [2.45, 2.75) is 51.3 Å². The van der Waals surface area contributed by atoms with Crippen LogP contribution in [0.1, 0.15) is 49.8 Å². The van der Waals surface area contributed by atoms with Crippen molar-refractivity contribution in [1.82, 2.24) is 20.3 Å². The Balaban J connectivity index is 1.56. The number of methoxy groups -OCH3 is 1. The standard InChI is InChI=1S/C31H35N5O4/c1-21(2)22-13-15-23(16-14-22)30(31(38)32-19-26-10-7-17-40-26)36(24-8-6-9-25(18-24)39-3)29(37)20-35-28-12-5-4-11-27(28)33-34-35/h4-6,8-9,11-16,18,21,26,30H,7,10,17,19-20H2,1-3H3,(H,32,38)/t26-,30-/m1/s1. The predicted molar refractivity (Wildman–Crippen MR) is 153 cm³/mol. The van der Waals surface area contributed by atoms with Crippen LogP contribution in [0.2, 0.25) is 0 Å². The number of ether oxygens (including phenoxy) is 2. The third-order valence-electron chi connectivity index (χ3n) is 7.26. The van der Waals surface area contributed by atoms with E-state index in [1.54, 1.807) is 23.9 Å². The highest BCUT2D eigenvalue weighted by Gasteiger charge is 2.34. The van der Waals surface area contributed by atoms with Crippen LogP contribution in [0.15, 0.2) is 72.8 Å². The Morgan fingerprint density at radius 2 is 1.85 bits per heavy atom. The van der Waals surface area contributed by atoms with Gasteiger partial charge in [-0.05, 0) is 54.2 Å². The van der Waals surface area contributed by atoms with Gasteiger partial charge in [0.2, 0.25) is 11.8 Å². The lowest BCUT2D eigenvalue weighted by atomic mass is 9.97. The molecule has 0 spiro atoms. The summed E-state index contributed by atoms with van der Waals surface area (Å²) >= 11 is 0. The highest BCUT2D eigenvalue weighted by Crippen LogP contribution is 2.32. The fourth-order valence-electron chi connectivity index (χ4n) is 5.03. The van der Waals surface area contributed by atoms with Gasteiger partial charge in [-0.2, -0.15) is 0 Å². The van der Waals surface area contributed by atoms with Crippen molar-refractivity contribution < 1.29 is 19.1 Å². The predicted octanol–water partition coefficient (Wildman–Crippen LogP) is 4.63. The maximum Gasteiger partial charge on any atom is 0.249 e. The van der Waals surface area contributed by atoms with E-state index in [2.05, 4.69) is 29.5 Å². The first-order valence-electron chi connectivity index (χ1n) is 13.7. The van der Waals surface area contributed by atoms with Gasteiger partial charge in [-0.15, -0.1) is 5.10 Å². The Kier molecular flexibility index (Phi) is 8.40. The summed E-state index contributed by atoms with van der Waals surface area (Å²) in [5.41, 5.74) is 3.82. The fraction of sp³-hybridized carbons (Fsp3) is 0.355. The molecule has 1 saturated heterocycles. The van der Waals surface area contributed by atoms with Crippen LogP contribution in [0.25, 0.3) is 11.0 Å². The first-order chi connectivity index (χ1) is 19.4. The lowest BCUT2D eigenvalue weighted by Crippen LogP contribution is -2.46. The molecule has 0 unspecified atom stereocenters. The number of amides is 2. The third kappa shape index (κ3) is 5.99. The summed E-state index contributed by atoms with van der Waals surface area (Å²) in [5.74, 6) is 0.314. The number of rotatable bonds is 10. The number of fused-ring (bicyclic) bond motifs is 1. The van der Waals surface area contributed by atoms with Gasteiger partial charge in [0.1, 0.15) is 23.9 Å². The lowest BCUT2D eigenvalue weighted by molar-refractivity contribution is -0.127. The smallest absolute Gasteiger partial charge is 0.249 e. The number of hydrogen-bond donors (Lipinski definition) is 1. The van der Waals surface area contributed by atoms with Crippen LogP contribution in [-0.2, 0) is 20.9 Å². The molecule has 5 rings (SSSR count). The summed E-state index contributed by atoms with van der Waals surface area (Å²) in [6.45, 7) is 5.22. The molecule has 9 heteroatoms. The molecule has 1 fully saturated rings. The minimum atomic E-state index is -0.933. The van der Waals surface area contributed by atoms with Gasteiger partial charge in [0, 0.05) is 24.9 Å². The van der Waals surface area contributed by atoms with E-state index in [4.69, 9.17) is 9.47 Å². The molecular weight excluding hydrogens is 506 g/mol. The number of nitrogens with one attached hydrogen (secondary N) is 1. The number of aromatic nitrogens is 3. The van der Waals surface area contributed by atoms with Crippen LogP contribution < -0.4 is 15.0 Å². The summed E-state index contributed by atoms with van der Waals surface area (Å²) in [6, 6.07) is 21.6. The normalized spacial score (nSPS) is 15.8. The van der Waals surface area contributed by atoms with E-state index in [-0.39, 0.29) is 24.5 Å². The molecule has 9 nitrogen and oxygen atoms in total. The second-order valence-corrected chi connectivity index (χ2v) is 10.3. The minimum Gasteiger partial charge on any atom is -0.497 e. The van der Waals surface area contributed by atoms with Gasteiger partial charge in [-0.3, -0.25) is 14.5 Å². The first kappa shape index (κ1) is 27.3. The molecule has 1 aliphatic rings. The van der Waals surface area contributed by atoms with Crippen molar-refractivity contribution >= 4 is 28.5 Å². The number of nitrogens with zero attached hydrogens (tertiary/aromatic N) is 4. The molecule has 1 aliphatic heterocycles. The summed E-state index contributed by atoms with van der Waals surface area (Å²) in [4.78, 5) is 29.7. The molecule has 208 valence electrons. The van der Waals surface area contributed by atoms with E-state index in [0.29, 0.717) is 41.6 Å². The van der Waals surface area contributed by atoms with Crippen LogP contribution in [0.4, 0.5) is 5.69 Å². The van der Waals surface area contributed by atoms with E-state index in [0.717, 1.165) is 23.9 Å². The Morgan fingerprint density at radius 1 is 1.07 bits per heavy atom. The first-order valence-corrected chi connectivity index (χ1v) is 13.7. The summed E-state index contributed by atoms with van der Waals surface area (Å²) in [7, 11) is 1.57. The highest BCUT2D eigenvalue weighted by molar-refractivity contribution is 6.01. The number of para-hydroxylation sites is 1. The zero-order chi connectivity index (χ0) is 28.1. The fourth-order valence-corrected chi connectivity index (χ4v) is 5.03. The van der Waals surface area contributed by atoms with Crippen molar-refractivity contribution in [3.63, 3.8) is 0 Å². The van der Waals surface area contributed by atoms with Gasteiger partial charge >= 0.3 is 0 Å². The number of benzene rings is 3. The molecule has 0 bridgehead atoms. The average Bonchev–Trinajstić information content (AvgIpc) is 3.65. The van der Waals surface area contributed by atoms with E-state index in [1.807, 2.05) is 60.7 Å². The highest BCUT2D eigenvalue weighted by atomic mass is 16.5. The largest absolute Gasteiger partial charge is 0.497 e. The second kappa shape index (κ2) is 12.3. The molecule has 4 aromatic rings. The molecule has 2 heterocycles. The Morgan fingerprint density at radius 3 is 2.58 bits per heavy atom. The van der Waals surface area contributed by atoms with Crippen molar-refractivity contribution in [1.29, 1.82) is 0 Å². The van der Waals surface area contributed by atoms with Crippen molar-refractivity contribution in [2.75, 3.05) is 25.2 Å². The van der Waals surface area contributed by atoms with Crippen molar-refractivity contribution in [3.05, 3.63) is 83.9 Å². The van der Waals surface area contributed by atoms with E-state index < -0.39 is 6.04 Å². The van der Waals surface area contributed by atoms with Crippen molar-refractivity contribution in [3.8, 4) is 5.75 Å². The molecule has 1 aromatic heterocycles. The van der Waals surface area contributed by atoms with Crippen molar-refractivity contribution in [2.24, 2.45) is 0 Å². The summed E-state index contributed by atoms with van der Waals surface area (Å²) in [6.07, 6.45) is 1.84. The molecule has 3 aromatic carbocycles. The topological polar surface area (TPSA) is 98.6 Å². The minimum absolute atomic E-state index is 0.0320. The van der Waals surface area contributed by atoms with Gasteiger partial charge in [0.25, 0.3) is 0 Å².